The summed E-state index contributed by atoms with van der Waals surface area (Å²) >= 11 is 0. The summed E-state index contributed by atoms with van der Waals surface area (Å²) in [7, 11) is 0. The van der Waals surface area contributed by atoms with Crippen LogP contribution < -0.4 is 9.47 Å². The van der Waals surface area contributed by atoms with Gasteiger partial charge in [-0.25, -0.2) is 0 Å². The molecule has 0 N–H and O–H groups in total. The first-order valence-electron chi connectivity index (χ1n) is 9.18. The van der Waals surface area contributed by atoms with Gasteiger partial charge in [0, 0.05) is 0 Å². The average Bonchev–Trinajstić information content (AvgIpc) is 2.65. The van der Waals surface area contributed by atoms with E-state index in [-0.39, 0.29) is 24.7 Å². The van der Waals surface area contributed by atoms with Gasteiger partial charge in [-0.1, -0.05) is 37.4 Å². The van der Waals surface area contributed by atoms with Crippen molar-refractivity contribution in [1.29, 1.82) is 0 Å². The molecule has 0 heterocycles. The Kier molecular flexibility index (Phi) is 7.14. The minimum atomic E-state index is -5.66. The number of alkyl halides is 6. The first kappa shape index (κ1) is 24.4. The fraction of sp³-hybridized carbons (Fsp3) is 0.304. The van der Waals surface area contributed by atoms with Gasteiger partial charge in [-0.2, -0.15) is 26.3 Å². The molecule has 0 saturated carbocycles. The van der Waals surface area contributed by atoms with Gasteiger partial charge < -0.3 is 9.47 Å². The Balaban J connectivity index is 2.57. The highest BCUT2D eigenvalue weighted by Gasteiger charge is 2.72. The van der Waals surface area contributed by atoms with E-state index in [0.29, 0.717) is 11.1 Å². The Bertz CT molecular complexity index is 832. The molecule has 0 spiro atoms. The first-order valence-corrected chi connectivity index (χ1v) is 9.18. The van der Waals surface area contributed by atoms with Crippen LogP contribution >= 0.6 is 0 Å². The SMILES string of the molecule is C=C(C)COc1ccc(C(c2ccc(OCC(=C)C)cc2)(C(F)(F)F)C(F)(F)F)cc1. The molecule has 0 radical (unpaired) electrons. The second-order valence-corrected chi connectivity index (χ2v) is 7.29. The van der Waals surface area contributed by atoms with Gasteiger partial charge in [0.15, 0.2) is 0 Å². The fourth-order valence-electron chi connectivity index (χ4n) is 3.00. The molecule has 2 aromatic carbocycles. The van der Waals surface area contributed by atoms with Crippen molar-refractivity contribution in [3.05, 3.63) is 84.0 Å². The fourth-order valence-corrected chi connectivity index (χ4v) is 3.00. The normalized spacial score (nSPS) is 12.4. The van der Waals surface area contributed by atoms with Crippen molar-refractivity contribution in [3.63, 3.8) is 0 Å². The van der Waals surface area contributed by atoms with Crippen LogP contribution in [0.2, 0.25) is 0 Å². The molecule has 0 aliphatic rings. The third-order valence-corrected chi connectivity index (χ3v) is 4.40. The number of benzene rings is 2. The largest absolute Gasteiger partial charge is 0.489 e. The Hall–Kier alpha value is -2.90. The molecule has 31 heavy (non-hydrogen) atoms. The zero-order valence-corrected chi connectivity index (χ0v) is 17.0. The molecule has 0 aliphatic heterocycles. The highest BCUT2D eigenvalue weighted by atomic mass is 19.4. The van der Waals surface area contributed by atoms with E-state index in [0.717, 1.165) is 48.5 Å². The highest BCUT2D eigenvalue weighted by Crippen LogP contribution is 2.56. The molecule has 0 aromatic heterocycles. The molecule has 0 bridgehead atoms. The zero-order valence-electron chi connectivity index (χ0n) is 17.0. The average molecular weight is 444 g/mol. The maximum atomic E-state index is 14.1. The second kappa shape index (κ2) is 9.08. The van der Waals surface area contributed by atoms with Crippen LogP contribution in [0.15, 0.2) is 72.8 Å². The lowest BCUT2D eigenvalue weighted by molar-refractivity contribution is -0.288. The number of hydrogen-bond donors (Lipinski definition) is 0. The predicted octanol–water partition coefficient (Wildman–Crippen LogP) is 7.01. The molecule has 0 amide bonds. The summed E-state index contributed by atoms with van der Waals surface area (Å²) in [5.74, 6) is 0.266. The summed E-state index contributed by atoms with van der Waals surface area (Å²) in [6.07, 6.45) is -11.3. The van der Waals surface area contributed by atoms with Gasteiger partial charge in [0.25, 0.3) is 0 Å². The quantitative estimate of drug-likeness (QED) is 0.322. The number of hydrogen-bond acceptors (Lipinski definition) is 2. The molecule has 0 saturated heterocycles. The third kappa shape index (κ3) is 5.24. The van der Waals surface area contributed by atoms with E-state index < -0.39 is 28.9 Å². The van der Waals surface area contributed by atoms with Crippen LogP contribution in [0.1, 0.15) is 25.0 Å². The van der Waals surface area contributed by atoms with Crippen LogP contribution in [-0.2, 0) is 5.41 Å². The number of ether oxygens (including phenoxy) is 2. The summed E-state index contributed by atoms with van der Waals surface area (Å²) < 4.78 is 95.5. The van der Waals surface area contributed by atoms with Gasteiger partial charge >= 0.3 is 12.4 Å². The van der Waals surface area contributed by atoms with E-state index in [2.05, 4.69) is 13.2 Å². The molecule has 8 heteroatoms. The van der Waals surface area contributed by atoms with Crippen LogP contribution in [0.4, 0.5) is 26.3 Å². The molecule has 2 rings (SSSR count). The van der Waals surface area contributed by atoms with Crippen molar-refractivity contribution < 1.29 is 35.8 Å². The summed E-state index contributed by atoms with van der Waals surface area (Å²) in [5, 5.41) is 0. The number of rotatable bonds is 8. The lowest BCUT2D eigenvalue weighted by Gasteiger charge is -2.38. The topological polar surface area (TPSA) is 18.5 Å². The van der Waals surface area contributed by atoms with Crippen LogP contribution in [-0.4, -0.2) is 25.6 Å². The van der Waals surface area contributed by atoms with Crippen molar-refractivity contribution in [2.45, 2.75) is 31.6 Å². The van der Waals surface area contributed by atoms with Crippen molar-refractivity contribution >= 4 is 0 Å². The van der Waals surface area contributed by atoms with Gasteiger partial charge in [0.2, 0.25) is 5.41 Å². The van der Waals surface area contributed by atoms with E-state index >= 15 is 0 Å². The Morgan fingerprint density at radius 3 is 1.16 bits per heavy atom. The van der Waals surface area contributed by atoms with Crippen molar-refractivity contribution in [2.75, 3.05) is 13.2 Å². The summed E-state index contributed by atoms with van der Waals surface area (Å²) in [6.45, 7) is 10.8. The van der Waals surface area contributed by atoms with Crippen molar-refractivity contribution in [2.24, 2.45) is 0 Å². The van der Waals surface area contributed by atoms with Crippen LogP contribution in [0.5, 0.6) is 11.5 Å². The highest BCUT2D eigenvalue weighted by molar-refractivity contribution is 5.47. The second-order valence-electron chi connectivity index (χ2n) is 7.29. The Labute approximate surface area is 176 Å². The molecule has 168 valence electrons. The lowest BCUT2D eigenvalue weighted by Crippen LogP contribution is -2.54. The molecule has 2 nitrogen and oxygen atoms in total. The van der Waals surface area contributed by atoms with E-state index in [1.807, 2.05) is 0 Å². The molecular formula is C23H22F6O2. The minimum absolute atomic E-state index is 0.0919. The van der Waals surface area contributed by atoms with Crippen LogP contribution in [0.25, 0.3) is 0 Å². The van der Waals surface area contributed by atoms with E-state index in [9.17, 15) is 26.3 Å². The monoisotopic (exact) mass is 444 g/mol. The van der Waals surface area contributed by atoms with E-state index in [4.69, 9.17) is 9.47 Å². The smallest absolute Gasteiger partial charge is 0.411 e. The predicted molar refractivity (Wildman–Crippen MR) is 106 cm³/mol. The first-order chi connectivity index (χ1) is 14.3. The molecule has 0 fully saturated rings. The zero-order chi connectivity index (χ0) is 23.4. The number of halogens is 6. The third-order valence-electron chi connectivity index (χ3n) is 4.40. The van der Waals surface area contributed by atoms with E-state index in [1.54, 1.807) is 13.8 Å². The van der Waals surface area contributed by atoms with Gasteiger partial charge in [-0.3, -0.25) is 0 Å². The van der Waals surface area contributed by atoms with Crippen molar-refractivity contribution in [1.82, 2.24) is 0 Å². The van der Waals surface area contributed by atoms with Gasteiger partial charge in [-0.05, 0) is 60.4 Å². The molecule has 2 aromatic rings. The van der Waals surface area contributed by atoms with Crippen LogP contribution in [0.3, 0.4) is 0 Å². The molecule has 0 unspecified atom stereocenters. The van der Waals surface area contributed by atoms with Gasteiger partial charge in [-0.15, -0.1) is 0 Å². The van der Waals surface area contributed by atoms with Crippen LogP contribution in [0, 0.1) is 0 Å². The van der Waals surface area contributed by atoms with E-state index in [1.165, 1.54) is 0 Å². The summed E-state index contributed by atoms with van der Waals surface area (Å²) in [4.78, 5) is 0. The minimum Gasteiger partial charge on any atom is -0.489 e. The Morgan fingerprint density at radius 2 is 0.935 bits per heavy atom. The summed E-state index contributed by atoms with van der Waals surface area (Å²) in [5.41, 5.74) is -4.85. The maximum absolute atomic E-state index is 14.1. The molecule has 0 aliphatic carbocycles. The maximum Gasteiger partial charge on any atom is 0.411 e. The Morgan fingerprint density at radius 1 is 0.645 bits per heavy atom. The van der Waals surface area contributed by atoms with Gasteiger partial charge in [0.05, 0.1) is 0 Å². The van der Waals surface area contributed by atoms with Crippen molar-refractivity contribution in [3.8, 4) is 11.5 Å². The lowest BCUT2D eigenvalue weighted by atomic mass is 9.73. The standard InChI is InChI=1S/C23H22F6O2/c1-15(2)13-30-19-9-5-17(6-10-19)21(22(24,25)26,23(27,28)29)18-7-11-20(12-8-18)31-14-16(3)4/h5-12H,1,3,13-14H2,2,4H3. The summed E-state index contributed by atoms with van der Waals surface area (Å²) in [6, 6.07) is 7.42. The molecule has 0 atom stereocenters. The molecular weight excluding hydrogens is 422 g/mol. The van der Waals surface area contributed by atoms with Gasteiger partial charge in [0.1, 0.15) is 24.7 Å².